The highest BCUT2D eigenvalue weighted by atomic mass is 32.2. The summed E-state index contributed by atoms with van der Waals surface area (Å²) in [7, 11) is 0. The third-order valence-corrected chi connectivity index (χ3v) is 4.53. The Morgan fingerprint density at radius 3 is 2.90 bits per heavy atom. The summed E-state index contributed by atoms with van der Waals surface area (Å²) in [5.41, 5.74) is 0. The van der Waals surface area contributed by atoms with E-state index in [9.17, 15) is 9.18 Å². The van der Waals surface area contributed by atoms with Crippen LogP contribution < -0.4 is 10.6 Å². The molecular formula is C15H21FN2OS. The van der Waals surface area contributed by atoms with Crippen LogP contribution in [-0.2, 0) is 4.79 Å². The first-order chi connectivity index (χ1) is 9.65. The SMILES string of the molecule is CC1NCCCC1NC(=O)CCSc1ccc(F)cc1. The lowest BCUT2D eigenvalue weighted by atomic mass is 10.00. The molecule has 0 saturated carbocycles. The second-order valence-corrected chi connectivity index (χ2v) is 6.28. The van der Waals surface area contributed by atoms with Gasteiger partial charge in [-0.15, -0.1) is 11.8 Å². The Hall–Kier alpha value is -1.07. The normalized spacial score (nSPS) is 22.5. The molecule has 0 spiro atoms. The Balaban J connectivity index is 1.68. The number of nitrogens with one attached hydrogen (secondary N) is 2. The summed E-state index contributed by atoms with van der Waals surface area (Å²) in [6.45, 7) is 3.14. The van der Waals surface area contributed by atoms with Crippen molar-refractivity contribution < 1.29 is 9.18 Å². The fourth-order valence-electron chi connectivity index (χ4n) is 2.31. The highest BCUT2D eigenvalue weighted by Gasteiger charge is 2.21. The summed E-state index contributed by atoms with van der Waals surface area (Å²) in [5.74, 6) is 0.581. The monoisotopic (exact) mass is 296 g/mol. The Labute approximate surface area is 123 Å². The number of carbonyl (C=O) groups is 1. The smallest absolute Gasteiger partial charge is 0.221 e. The molecule has 5 heteroatoms. The van der Waals surface area contributed by atoms with Crippen LogP contribution in [0.5, 0.6) is 0 Å². The van der Waals surface area contributed by atoms with Gasteiger partial charge in [0.25, 0.3) is 0 Å². The van der Waals surface area contributed by atoms with Crippen LogP contribution in [-0.4, -0.2) is 30.3 Å². The van der Waals surface area contributed by atoms with E-state index in [4.69, 9.17) is 0 Å². The van der Waals surface area contributed by atoms with E-state index >= 15 is 0 Å². The molecule has 0 radical (unpaired) electrons. The van der Waals surface area contributed by atoms with Crippen LogP contribution in [0.1, 0.15) is 26.2 Å². The van der Waals surface area contributed by atoms with Crippen LogP contribution in [0.3, 0.4) is 0 Å². The van der Waals surface area contributed by atoms with E-state index < -0.39 is 0 Å². The number of halogens is 1. The van der Waals surface area contributed by atoms with E-state index in [0.29, 0.717) is 18.2 Å². The zero-order valence-corrected chi connectivity index (χ0v) is 12.5. The van der Waals surface area contributed by atoms with Crippen LogP contribution in [0.25, 0.3) is 0 Å². The molecule has 1 aromatic rings. The molecule has 1 fully saturated rings. The number of piperidine rings is 1. The van der Waals surface area contributed by atoms with Crippen molar-refractivity contribution in [2.24, 2.45) is 0 Å². The number of rotatable bonds is 5. The summed E-state index contributed by atoms with van der Waals surface area (Å²) in [6.07, 6.45) is 2.65. The Morgan fingerprint density at radius 1 is 1.45 bits per heavy atom. The van der Waals surface area contributed by atoms with Gasteiger partial charge in [0.05, 0.1) is 0 Å². The molecule has 1 aliphatic rings. The van der Waals surface area contributed by atoms with Crippen molar-refractivity contribution in [2.75, 3.05) is 12.3 Å². The first-order valence-corrected chi connectivity index (χ1v) is 8.05. The summed E-state index contributed by atoms with van der Waals surface area (Å²) >= 11 is 1.58. The average Bonchev–Trinajstić information content (AvgIpc) is 2.44. The van der Waals surface area contributed by atoms with Crippen LogP contribution in [0.4, 0.5) is 4.39 Å². The van der Waals surface area contributed by atoms with Gasteiger partial charge in [0.1, 0.15) is 5.82 Å². The molecule has 1 aliphatic heterocycles. The Morgan fingerprint density at radius 2 is 2.20 bits per heavy atom. The molecule has 0 bridgehead atoms. The maximum Gasteiger partial charge on any atom is 0.221 e. The maximum absolute atomic E-state index is 12.8. The Bertz CT molecular complexity index is 438. The highest BCUT2D eigenvalue weighted by Crippen LogP contribution is 2.19. The molecule has 1 aromatic carbocycles. The molecule has 0 aliphatic carbocycles. The van der Waals surface area contributed by atoms with E-state index in [-0.39, 0.29) is 17.8 Å². The minimum Gasteiger partial charge on any atom is -0.352 e. The van der Waals surface area contributed by atoms with E-state index in [2.05, 4.69) is 17.6 Å². The third kappa shape index (κ3) is 4.80. The number of carbonyl (C=O) groups excluding carboxylic acids is 1. The number of thioether (sulfide) groups is 1. The molecular weight excluding hydrogens is 275 g/mol. The molecule has 110 valence electrons. The molecule has 2 atom stereocenters. The lowest BCUT2D eigenvalue weighted by Crippen LogP contribution is -2.51. The van der Waals surface area contributed by atoms with Gasteiger partial charge < -0.3 is 10.6 Å². The lowest BCUT2D eigenvalue weighted by molar-refractivity contribution is -0.121. The van der Waals surface area contributed by atoms with Crippen molar-refractivity contribution in [3.8, 4) is 0 Å². The minimum absolute atomic E-state index is 0.0974. The largest absolute Gasteiger partial charge is 0.352 e. The predicted octanol–water partition coefficient (Wildman–Crippen LogP) is 2.56. The van der Waals surface area contributed by atoms with Gasteiger partial charge in [0.15, 0.2) is 0 Å². The average molecular weight is 296 g/mol. The van der Waals surface area contributed by atoms with Gasteiger partial charge in [-0.1, -0.05) is 0 Å². The van der Waals surface area contributed by atoms with Crippen LogP contribution in [0.2, 0.25) is 0 Å². The Kier molecular flexibility index (Phi) is 5.86. The van der Waals surface area contributed by atoms with Crippen molar-refractivity contribution in [1.29, 1.82) is 0 Å². The number of hydrogen-bond donors (Lipinski definition) is 2. The standard InChI is InChI=1S/C15H21FN2OS/c1-11-14(3-2-9-17-11)18-15(19)8-10-20-13-6-4-12(16)5-7-13/h4-7,11,14,17H,2-3,8-10H2,1H3,(H,18,19). The lowest BCUT2D eigenvalue weighted by Gasteiger charge is -2.30. The number of benzene rings is 1. The topological polar surface area (TPSA) is 41.1 Å². The first-order valence-electron chi connectivity index (χ1n) is 7.06. The van der Waals surface area contributed by atoms with Crippen molar-refractivity contribution in [3.63, 3.8) is 0 Å². The van der Waals surface area contributed by atoms with Crippen molar-refractivity contribution in [1.82, 2.24) is 10.6 Å². The highest BCUT2D eigenvalue weighted by molar-refractivity contribution is 7.99. The molecule has 2 rings (SSSR count). The number of hydrogen-bond acceptors (Lipinski definition) is 3. The summed E-state index contributed by atoms with van der Waals surface area (Å²) < 4.78 is 12.8. The third-order valence-electron chi connectivity index (χ3n) is 3.52. The second kappa shape index (κ2) is 7.64. The molecule has 20 heavy (non-hydrogen) atoms. The minimum atomic E-state index is -0.231. The van der Waals surface area contributed by atoms with Gasteiger partial charge in [0.2, 0.25) is 5.91 Å². The van der Waals surface area contributed by atoms with Gasteiger partial charge in [-0.2, -0.15) is 0 Å². The summed E-state index contributed by atoms with van der Waals surface area (Å²) in [5, 5.41) is 6.46. The molecule has 1 saturated heterocycles. The van der Waals surface area contributed by atoms with Gasteiger partial charge >= 0.3 is 0 Å². The number of amides is 1. The van der Waals surface area contributed by atoms with Gasteiger partial charge in [-0.25, -0.2) is 4.39 Å². The van der Waals surface area contributed by atoms with E-state index in [1.807, 2.05) is 0 Å². The predicted molar refractivity (Wildman–Crippen MR) is 80.4 cm³/mol. The molecule has 3 nitrogen and oxygen atoms in total. The van der Waals surface area contributed by atoms with Crippen molar-refractivity contribution in [2.45, 2.75) is 43.2 Å². The van der Waals surface area contributed by atoms with Crippen LogP contribution in [0.15, 0.2) is 29.2 Å². The van der Waals surface area contributed by atoms with Crippen LogP contribution in [0, 0.1) is 5.82 Å². The first kappa shape index (κ1) is 15.3. The van der Waals surface area contributed by atoms with Crippen molar-refractivity contribution >= 4 is 17.7 Å². The summed E-state index contributed by atoms with van der Waals surface area (Å²) in [4.78, 5) is 12.9. The van der Waals surface area contributed by atoms with Gasteiger partial charge in [-0.05, 0) is 50.6 Å². The molecule has 2 N–H and O–H groups in total. The van der Waals surface area contributed by atoms with E-state index in [0.717, 1.165) is 24.3 Å². The molecule has 0 aromatic heterocycles. The fourth-order valence-corrected chi connectivity index (χ4v) is 3.16. The van der Waals surface area contributed by atoms with Crippen LogP contribution >= 0.6 is 11.8 Å². The quantitative estimate of drug-likeness (QED) is 0.821. The fraction of sp³-hybridized carbons (Fsp3) is 0.533. The molecule has 2 unspecified atom stereocenters. The second-order valence-electron chi connectivity index (χ2n) is 5.11. The molecule has 1 heterocycles. The zero-order valence-electron chi connectivity index (χ0n) is 11.7. The summed E-state index contributed by atoms with van der Waals surface area (Å²) in [6, 6.07) is 6.95. The molecule has 1 amide bonds. The zero-order chi connectivity index (χ0) is 14.4. The van der Waals surface area contributed by atoms with Gasteiger partial charge in [-0.3, -0.25) is 4.79 Å². The van der Waals surface area contributed by atoms with Gasteiger partial charge in [0, 0.05) is 29.2 Å². The maximum atomic E-state index is 12.8. The van der Waals surface area contributed by atoms with E-state index in [1.165, 1.54) is 12.1 Å². The van der Waals surface area contributed by atoms with Crippen molar-refractivity contribution in [3.05, 3.63) is 30.1 Å². The van der Waals surface area contributed by atoms with E-state index in [1.54, 1.807) is 23.9 Å².